The molecule has 0 unspecified atom stereocenters. The number of hydrogen-bond donors (Lipinski definition) is 1. The van der Waals surface area contributed by atoms with E-state index in [1.165, 1.54) is 11.4 Å². The Kier molecular flexibility index (Phi) is 8.49. The van der Waals surface area contributed by atoms with Gasteiger partial charge in [0.25, 0.3) is 0 Å². The topological polar surface area (TPSA) is 88.2 Å². The maximum absolute atomic E-state index is 12.9. The van der Waals surface area contributed by atoms with Gasteiger partial charge in [-0.05, 0) is 42.3 Å². The standard InChI is InChI=1S/C23H31N3O5S/c1-25(20-6-4-3-5-7-20)13-12-24-23(27)11-8-19-18-21(9-10-22(19)30-2)32(28,29)26-14-16-31-17-15-26/h3-7,9-10,18H,8,11-17H2,1-2H3,(H,24,27). The average molecular weight is 462 g/mol. The van der Waals surface area contributed by atoms with E-state index >= 15 is 0 Å². The van der Waals surface area contributed by atoms with Gasteiger partial charge in [0, 0.05) is 45.3 Å². The minimum absolute atomic E-state index is 0.0880. The van der Waals surface area contributed by atoms with Crippen molar-refractivity contribution in [3.05, 3.63) is 54.1 Å². The lowest BCUT2D eigenvalue weighted by Gasteiger charge is -2.26. The van der Waals surface area contributed by atoms with E-state index in [4.69, 9.17) is 9.47 Å². The van der Waals surface area contributed by atoms with Crippen LogP contribution in [0.15, 0.2) is 53.4 Å². The molecular formula is C23H31N3O5S. The number of likely N-dealkylation sites (N-methyl/N-ethyl adjacent to an activating group) is 1. The zero-order valence-corrected chi connectivity index (χ0v) is 19.4. The highest BCUT2D eigenvalue weighted by Crippen LogP contribution is 2.26. The number of sulfonamides is 1. The Bertz CT molecular complexity index is 992. The Morgan fingerprint density at radius 2 is 1.88 bits per heavy atom. The van der Waals surface area contributed by atoms with E-state index in [2.05, 4.69) is 10.2 Å². The molecule has 0 spiro atoms. The maximum Gasteiger partial charge on any atom is 0.243 e. The van der Waals surface area contributed by atoms with Gasteiger partial charge in [-0.3, -0.25) is 4.79 Å². The number of carbonyl (C=O) groups excluding carboxylic acids is 1. The molecule has 32 heavy (non-hydrogen) atoms. The number of nitrogens with one attached hydrogen (secondary N) is 1. The second kappa shape index (κ2) is 11.3. The van der Waals surface area contributed by atoms with Crippen LogP contribution < -0.4 is 15.0 Å². The number of morpholine rings is 1. The Morgan fingerprint density at radius 3 is 2.56 bits per heavy atom. The third kappa shape index (κ3) is 6.21. The van der Waals surface area contributed by atoms with Gasteiger partial charge in [-0.2, -0.15) is 4.31 Å². The molecule has 1 heterocycles. The number of benzene rings is 2. The van der Waals surface area contributed by atoms with Crippen molar-refractivity contribution < 1.29 is 22.7 Å². The van der Waals surface area contributed by atoms with Gasteiger partial charge in [-0.1, -0.05) is 18.2 Å². The fourth-order valence-electron chi connectivity index (χ4n) is 3.56. The molecule has 8 nitrogen and oxygen atoms in total. The number of methoxy groups -OCH3 is 1. The molecule has 0 aromatic heterocycles. The minimum atomic E-state index is -3.61. The highest BCUT2D eigenvalue weighted by Gasteiger charge is 2.27. The van der Waals surface area contributed by atoms with Gasteiger partial charge in [0.1, 0.15) is 5.75 Å². The lowest BCUT2D eigenvalue weighted by molar-refractivity contribution is -0.120. The Morgan fingerprint density at radius 1 is 1.16 bits per heavy atom. The Labute approximate surface area is 190 Å². The molecule has 2 aromatic carbocycles. The van der Waals surface area contributed by atoms with Gasteiger partial charge in [0.2, 0.25) is 15.9 Å². The van der Waals surface area contributed by atoms with E-state index < -0.39 is 10.0 Å². The highest BCUT2D eigenvalue weighted by molar-refractivity contribution is 7.89. The first kappa shape index (κ1) is 24.0. The highest BCUT2D eigenvalue weighted by atomic mass is 32.2. The van der Waals surface area contributed by atoms with Crippen LogP contribution in [0.3, 0.4) is 0 Å². The number of amides is 1. The smallest absolute Gasteiger partial charge is 0.243 e. The van der Waals surface area contributed by atoms with Crippen molar-refractivity contribution in [3.8, 4) is 5.75 Å². The third-order valence-corrected chi connectivity index (χ3v) is 7.34. The van der Waals surface area contributed by atoms with Gasteiger partial charge in [0.05, 0.1) is 25.2 Å². The molecule has 1 fully saturated rings. The summed E-state index contributed by atoms with van der Waals surface area (Å²) in [5.74, 6) is 0.484. The van der Waals surface area contributed by atoms with Gasteiger partial charge in [0.15, 0.2) is 0 Å². The summed E-state index contributed by atoms with van der Waals surface area (Å²) in [6, 6.07) is 14.8. The van der Waals surface area contributed by atoms with Gasteiger partial charge < -0.3 is 19.7 Å². The fraction of sp³-hybridized carbons (Fsp3) is 0.435. The van der Waals surface area contributed by atoms with E-state index in [-0.39, 0.29) is 17.2 Å². The van der Waals surface area contributed by atoms with Gasteiger partial charge in [-0.15, -0.1) is 0 Å². The van der Waals surface area contributed by atoms with Crippen molar-refractivity contribution in [2.45, 2.75) is 17.7 Å². The number of hydrogen-bond acceptors (Lipinski definition) is 6. The lowest BCUT2D eigenvalue weighted by atomic mass is 10.1. The van der Waals surface area contributed by atoms with Crippen LogP contribution in [-0.4, -0.2) is 72.2 Å². The number of nitrogens with zero attached hydrogens (tertiary/aromatic N) is 2. The summed E-state index contributed by atoms with van der Waals surface area (Å²) in [6.45, 7) is 2.66. The Balaban J connectivity index is 1.56. The van der Waals surface area contributed by atoms with Crippen molar-refractivity contribution in [1.29, 1.82) is 0 Å². The van der Waals surface area contributed by atoms with Crippen LogP contribution >= 0.6 is 0 Å². The summed E-state index contributed by atoms with van der Waals surface area (Å²) in [5.41, 5.74) is 1.78. The SMILES string of the molecule is COc1ccc(S(=O)(=O)N2CCOCC2)cc1CCC(=O)NCCN(C)c1ccccc1. The summed E-state index contributed by atoms with van der Waals surface area (Å²) < 4.78 is 38.0. The van der Waals surface area contributed by atoms with Crippen molar-refractivity contribution in [2.24, 2.45) is 0 Å². The van der Waals surface area contributed by atoms with Crippen molar-refractivity contribution >= 4 is 21.6 Å². The summed E-state index contributed by atoms with van der Waals surface area (Å²) in [7, 11) is -0.0913. The van der Waals surface area contributed by atoms with E-state index in [1.807, 2.05) is 37.4 Å². The predicted molar refractivity (Wildman–Crippen MR) is 124 cm³/mol. The second-order valence-electron chi connectivity index (χ2n) is 7.60. The monoisotopic (exact) mass is 461 g/mol. The summed E-state index contributed by atoms with van der Waals surface area (Å²) in [6.07, 6.45) is 0.627. The molecule has 1 N–H and O–H groups in total. The van der Waals surface area contributed by atoms with E-state index in [9.17, 15) is 13.2 Å². The molecule has 1 aliphatic heterocycles. The van der Waals surface area contributed by atoms with E-state index in [1.54, 1.807) is 18.2 Å². The molecular weight excluding hydrogens is 430 g/mol. The van der Waals surface area contributed by atoms with Crippen LogP contribution in [-0.2, 0) is 26.0 Å². The number of ether oxygens (including phenoxy) is 2. The van der Waals surface area contributed by atoms with Crippen LogP contribution in [0.2, 0.25) is 0 Å². The summed E-state index contributed by atoms with van der Waals surface area (Å²) in [4.78, 5) is 14.6. The summed E-state index contributed by atoms with van der Waals surface area (Å²) >= 11 is 0. The molecule has 0 radical (unpaired) electrons. The molecule has 0 bridgehead atoms. The summed E-state index contributed by atoms with van der Waals surface area (Å²) in [5, 5.41) is 2.93. The van der Waals surface area contributed by atoms with Crippen molar-refractivity contribution in [2.75, 3.05) is 58.5 Å². The zero-order valence-electron chi connectivity index (χ0n) is 18.6. The minimum Gasteiger partial charge on any atom is -0.496 e. The first-order valence-corrected chi connectivity index (χ1v) is 12.1. The molecule has 1 amide bonds. The normalized spacial score (nSPS) is 14.7. The second-order valence-corrected chi connectivity index (χ2v) is 9.54. The molecule has 0 atom stereocenters. The average Bonchev–Trinajstić information content (AvgIpc) is 2.83. The van der Waals surface area contributed by atoms with E-state index in [0.717, 1.165) is 5.69 Å². The largest absolute Gasteiger partial charge is 0.496 e. The zero-order chi connectivity index (χ0) is 23.0. The van der Waals surface area contributed by atoms with E-state index in [0.29, 0.717) is 57.1 Å². The molecule has 0 saturated carbocycles. The van der Waals surface area contributed by atoms with Crippen molar-refractivity contribution in [3.63, 3.8) is 0 Å². The first-order valence-electron chi connectivity index (χ1n) is 10.7. The van der Waals surface area contributed by atoms with Crippen LogP contribution in [0, 0.1) is 0 Å². The number of rotatable bonds is 10. The maximum atomic E-state index is 12.9. The van der Waals surface area contributed by atoms with Crippen molar-refractivity contribution in [1.82, 2.24) is 9.62 Å². The number of anilines is 1. The lowest BCUT2D eigenvalue weighted by Crippen LogP contribution is -2.40. The van der Waals surface area contributed by atoms with Crippen LogP contribution in [0.4, 0.5) is 5.69 Å². The molecule has 174 valence electrons. The third-order valence-electron chi connectivity index (χ3n) is 5.45. The molecule has 0 aliphatic carbocycles. The fourth-order valence-corrected chi connectivity index (χ4v) is 5.02. The number of carbonyl (C=O) groups is 1. The van der Waals surface area contributed by atoms with Crippen LogP contribution in [0.1, 0.15) is 12.0 Å². The van der Waals surface area contributed by atoms with Crippen LogP contribution in [0.25, 0.3) is 0 Å². The Hall–Kier alpha value is -2.62. The molecule has 2 aromatic rings. The molecule has 1 aliphatic rings. The molecule has 9 heteroatoms. The number of aryl methyl sites for hydroxylation is 1. The van der Waals surface area contributed by atoms with Gasteiger partial charge >= 0.3 is 0 Å². The van der Waals surface area contributed by atoms with Gasteiger partial charge in [-0.25, -0.2) is 8.42 Å². The first-order chi connectivity index (χ1) is 15.4. The van der Waals surface area contributed by atoms with Crippen LogP contribution in [0.5, 0.6) is 5.75 Å². The molecule has 3 rings (SSSR count). The quantitative estimate of drug-likeness (QED) is 0.582. The molecule has 1 saturated heterocycles. The predicted octanol–water partition coefficient (Wildman–Crippen LogP) is 1.90. The number of para-hydroxylation sites is 1.